The minimum absolute atomic E-state index is 0.209. The molecule has 1 aliphatic carbocycles. The van der Waals surface area contributed by atoms with Crippen LogP contribution in [0.2, 0.25) is 19.6 Å². The zero-order valence-corrected chi connectivity index (χ0v) is 37.0. The van der Waals surface area contributed by atoms with E-state index in [1.165, 1.54) is 94.3 Å². The molecule has 2 aliphatic heterocycles. The maximum absolute atomic E-state index is 7.02. The van der Waals surface area contributed by atoms with Crippen LogP contribution in [0, 0.1) is 19.8 Å². The lowest BCUT2D eigenvalue weighted by molar-refractivity contribution is -0.719. The number of rotatable bonds is 4. The molecule has 3 aliphatic rings. The number of nitrogens with zero attached hydrogens (tertiary/aromatic N) is 3. The SMILES string of the molecule is C=C1CC2C(CCc3ccc4c(oc5ccccc54)c3-c3n(-c4c(C)cccc4C)c4ccccc4[n+]31)c1ccccc1-c1cc(CC3CCCCC3)c([Si](C)(C)C)c[n+]12. The fraction of sp³-hybridized carbons (Fsp3) is 0.309. The Kier molecular flexibility index (Phi) is 8.93. The number of hydrogen-bond donors (Lipinski definition) is 0. The summed E-state index contributed by atoms with van der Waals surface area (Å²) in [7, 11) is -1.72. The molecule has 0 amide bonds. The number of imidazole rings is 1. The van der Waals surface area contributed by atoms with Crippen molar-refractivity contribution in [1.29, 1.82) is 0 Å². The number of allylic oxidation sites excluding steroid dienone is 1. The maximum Gasteiger partial charge on any atom is 0.304 e. The third kappa shape index (κ3) is 5.90. The lowest BCUT2D eigenvalue weighted by Crippen LogP contribution is -2.54. The number of furan rings is 1. The largest absolute Gasteiger partial charge is 0.455 e. The zero-order valence-electron chi connectivity index (χ0n) is 36.0. The van der Waals surface area contributed by atoms with Crippen LogP contribution >= 0.6 is 0 Å². The summed E-state index contributed by atoms with van der Waals surface area (Å²) >= 11 is 0. The van der Waals surface area contributed by atoms with Crippen molar-refractivity contribution >= 4 is 51.9 Å². The molecule has 2 atom stereocenters. The van der Waals surface area contributed by atoms with Gasteiger partial charge in [0.2, 0.25) is 5.69 Å². The van der Waals surface area contributed by atoms with Crippen molar-refractivity contribution in [1.82, 2.24) is 4.57 Å². The van der Waals surface area contributed by atoms with E-state index in [1.807, 2.05) is 0 Å². The average molecular weight is 804 g/mol. The molecule has 300 valence electrons. The van der Waals surface area contributed by atoms with Gasteiger partial charge in [0.05, 0.1) is 14.5 Å². The van der Waals surface area contributed by atoms with Gasteiger partial charge in [-0.1, -0.05) is 137 Å². The molecule has 60 heavy (non-hydrogen) atoms. The number of hydrogen-bond acceptors (Lipinski definition) is 1. The van der Waals surface area contributed by atoms with Crippen LogP contribution in [-0.2, 0) is 12.8 Å². The molecule has 0 spiro atoms. The van der Waals surface area contributed by atoms with E-state index < -0.39 is 8.07 Å². The van der Waals surface area contributed by atoms with E-state index in [0.29, 0.717) is 5.92 Å². The molecule has 0 bridgehead atoms. The van der Waals surface area contributed by atoms with Crippen LogP contribution in [0.3, 0.4) is 0 Å². The molecule has 8 aromatic rings. The van der Waals surface area contributed by atoms with Crippen LogP contribution in [0.25, 0.3) is 67.0 Å². The topological polar surface area (TPSA) is 25.8 Å². The number of aromatic nitrogens is 3. The number of benzene rings is 5. The molecule has 2 unspecified atom stereocenters. The van der Waals surface area contributed by atoms with Crippen LogP contribution in [0.15, 0.2) is 126 Å². The van der Waals surface area contributed by atoms with Gasteiger partial charge in [-0.2, -0.15) is 13.7 Å². The van der Waals surface area contributed by atoms with Crippen molar-refractivity contribution in [2.45, 2.75) is 103 Å². The number of aryl methyl sites for hydroxylation is 3. The molecule has 5 heteroatoms. The summed E-state index contributed by atoms with van der Waals surface area (Å²) in [6.07, 6.45) is 13.5. The van der Waals surface area contributed by atoms with Crippen molar-refractivity contribution in [3.8, 4) is 28.3 Å². The van der Waals surface area contributed by atoms with E-state index in [9.17, 15) is 0 Å². The van der Waals surface area contributed by atoms with E-state index in [4.69, 9.17) is 11.0 Å². The molecule has 11 rings (SSSR count). The summed E-state index contributed by atoms with van der Waals surface area (Å²) in [5.41, 5.74) is 17.4. The van der Waals surface area contributed by atoms with Crippen LogP contribution in [0.5, 0.6) is 0 Å². The zero-order chi connectivity index (χ0) is 40.9. The van der Waals surface area contributed by atoms with E-state index in [-0.39, 0.29) is 6.04 Å². The van der Waals surface area contributed by atoms with Crippen molar-refractivity contribution in [3.63, 3.8) is 0 Å². The van der Waals surface area contributed by atoms with Gasteiger partial charge < -0.3 is 4.42 Å². The second kappa shape index (κ2) is 14.3. The fourth-order valence-electron chi connectivity index (χ4n) is 11.7. The van der Waals surface area contributed by atoms with Crippen LogP contribution in [-0.4, -0.2) is 12.6 Å². The van der Waals surface area contributed by atoms with Crippen LogP contribution in [0.4, 0.5) is 0 Å². The second-order valence-electron chi connectivity index (χ2n) is 19.3. The summed E-state index contributed by atoms with van der Waals surface area (Å²) in [5, 5.41) is 3.95. The Bertz CT molecular complexity index is 3000. The van der Waals surface area contributed by atoms with Gasteiger partial charge in [0, 0.05) is 33.5 Å². The Morgan fingerprint density at radius 2 is 1.53 bits per heavy atom. The van der Waals surface area contributed by atoms with Crippen molar-refractivity contribution in [3.05, 3.63) is 150 Å². The summed E-state index contributed by atoms with van der Waals surface area (Å²) < 4.78 is 14.8. The molecule has 0 saturated heterocycles. The minimum atomic E-state index is -1.72. The van der Waals surface area contributed by atoms with E-state index >= 15 is 0 Å². The van der Waals surface area contributed by atoms with Crippen LogP contribution in [0.1, 0.15) is 84.7 Å². The van der Waals surface area contributed by atoms with Gasteiger partial charge in [0.1, 0.15) is 22.5 Å². The molecule has 4 nitrogen and oxygen atoms in total. The highest BCUT2D eigenvalue weighted by molar-refractivity contribution is 6.89. The number of fused-ring (bicyclic) bond motifs is 15. The first-order chi connectivity index (χ1) is 29.2. The Hall–Kier alpha value is -5.52. The maximum atomic E-state index is 7.02. The molecule has 0 N–H and O–H groups in total. The highest BCUT2D eigenvalue weighted by Gasteiger charge is 2.45. The average Bonchev–Trinajstić information content (AvgIpc) is 3.79. The molecule has 1 saturated carbocycles. The highest BCUT2D eigenvalue weighted by atomic mass is 28.3. The minimum Gasteiger partial charge on any atom is -0.455 e. The van der Waals surface area contributed by atoms with Gasteiger partial charge in [-0.25, -0.2) is 0 Å². The highest BCUT2D eigenvalue weighted by Crippen LogP contribution is 2.47. The third-order valence-electron chi connectivity index (χ3n) is 14.5. The van der Waals surface area contributed by atoms with Crippen molar-refractivity contribution < 1.29 is 13.6 Å². The Morgan fingerprint density at radius 1 is 0.783 bits per heavy atom. The molecule has 1 fully saturated rings. The Labute approximate surface area is 355 Å². The Balaban J connectivity index is 1.19. The predicted molar refractivity (Wildman–Crippen MR) is 251 cm³/mol. The van der Waals surface area contributed by atoms with Gasteiger partial charge in [-0.15, -0.1) is 0 Å². The molecule has 0 radical (unpaired) electrons. The summed E-state index contributed by atoms with van der Waals surface area (Å²) in [4.78, 5) is 0. The van der Waals surface area contributed by atoms with Crippen molar-refractivity contribution in [2.75, 3.05) is 0 Å². The first kappa shape index (κ1) is 37.5. The van der Waals surface area contributed by atoms with E-state index in [0.717, 1.165) is 58.6 Å². The van der Waals surface area contributed by atoms with Gasteiger partial charge in [-0.3, -0.25) is 0 Å². The lowest BCUT2D eigenvalue weighted by atomic mass is 9.77. The molecular weight excluding hydrogens is 747 g/mol. The van der Waals surface area contributed by atoms with Gasteiger partial charge in [-0.05, 0) is 91.1 Å². The Morgan fingerprint density at radius 3 is 2.35 bits per heavy atom. The fourth-order valence-corrected chi connectivity index (χ4v) is 13.4. The quantitative estimate of drug-likeness (QED) is 0.129. The van der Waals surface area contributed by atoms with Gasteiger partial charge >= 0.3 is 5.82 Å². The summed E-state index contributed by atoms with van der Waals surface area (Å²) in [6.45, 7) is 17.3. The van der Waals surface area contributed by atoms with Gasteiger partial charge in [0.15, 0.2) is 28.9 Å². The normalized spacial score (nSPS) is 18.2. The number of para-hydroxylation sites is 4. The lowest BCUT2D eigenvalue weighted by Gasteiger charge is -2.33. The smallest absolute Gasteiger partial charge is 0.304 e. The standard InChI is InChI=1S/C55H57N3OSi/c1-35-17-16-18-36(2)53(35)58-47-25-14-13-24-46(47)57-37(3)31-48-43(29-27-39-28-30-45-44-23-12-15-26-50(44)59-54(45)52(39)55(57)58)41-21-10-11-22-42(41)49-33-40(32-38-19-8-7-9-20-38)51(34-56(48)49)60(4,5)6/h10-18,21-26,28,30,33-34,38,43,48H,3,7-9,19-20,27,29,31-32H2,1-2,4-6H3/q+2. The molecule has 3 aromatic heterocycles. The summed E-state index contributed by atoms with van der Waals surface area (Å²) in [5.74, 6) is 2.23. The molecule has 5 aromatic carbocycles. The monoisotopic (exact) mass is 803 g/mol. The van der Waals surface area contributed by atoms with Crippen molar-refractivity contribution in [2.24, 2.45) is 5.92 Å². The third-order valence-corrected chi connectivity index (χ3v) is 16.6. The van der Waals surface area contributed by atoms with Crippen LogP contribution < -0.4 is 14.3 Å². The molecule has 5 heterocycles. The van der Waals surface area contributed by atoms with E-state index in [1.54, 1.807) is 10.8 Å². The number of pyridine rings is 1. The van der Waals surface area contributed by atoms with Gasteiger partial charge in [0.25, 0.3) is 0 Å². The predicted octanol–water partition coefficient (Wildman–Crippen LogP) is 12.9. The molecular formula is C55H57N3OSi+2. The summed E-state index contributed by atoms with van der Waals surface area (Å²) in [6, 6.07) is 41.2. The second-order valence-corrected chi connectivity index (χ2v) is 24.4. The van der Waals surface area contributed by atoms with E-state index in [2.05, 4.69) is 163 Å². The first-order valence-electron chi connectivity index (χ1n) is 22.6. The first-order valence-corrected chi connectivity index (χ1v) is 26.1.